The number of rotatable bonds is 4. The Hall–Kier alpha value is -7.63. The molecule has 0 bridgehead atoms. The van der Waals surface area contributed by atoms with Crippen molar-refractivity contribution in [3.05, 3.63) is 176 Å². The first-order valence-corrected chi connectivity index (χ1v) is 18.8. The quantitative estimate of drug-likeness (QED) is 0.170. The average Bonchev–Trinajstić information content (AvgIpc) is 3.85. The molecule has 0 fully saturated rings. The molecule has 5 nitrogen and oxygen atoms in total. The molecule has 56 heavy (non-hydrogen) atoms. The molecule has 5 heteroatoms. The van der Waals surface area contributed by atoms with Crippen molar-refractivity contribution in [1.29, 1.82) is 0 Å². The van der Waals surface area contributed by atoms with Crippen molar-refractivity contribution < 1.29 is 8.83 Å². The highest BCUT2D eigenvalue weighted by atomic mass is 16.3. The van der Waals surface area contributed by atoms with Crippen LogP contribution in [0.25, 0.3) is 121 Å². The van der Waals surface area contributed by atoms with E-state index >= 15 is 0 Å². The largest absolute Gasteiger partial charge is 0.456 e. The summed E-state index contributed by atoms with van der Waals surface area (Å²) in [6.45, 7) is 0. The molecule has 9 aromatic carbocycles. The summed E-state index contributed by atoms with van der Waals surface area (Å²) in [5.74, 6) is 1.75. The van der Waals surface area contributed by atoms with Crippen LogP contribution in [0.2, 0.25) is 0 Å². The van der Waals surface area contributed by atoms with Crippen molar-refractivity contribution in [2.24, 2.45) is 0 Å². The highest BCUT2D eigenvalue weighted by Crippen LogP contribution is 2.41. The van der Waals surface area contributed by atoms with Crippen molar-refractivity contribution in [2.75, 3.05) is 0 Å². The second kappa shape index (κ2) is 11.9. The van der Waals surface area contributed by atoms with Crippen LogP contribution in [-0.4, -0.2) is 15.0 Å². The summed E-state index contributed by atoms with van der Waals surface area (Å²) >= 11 is 0. The molecule has 0 aliphatic heterocycles. The number of hydrogen-bond acceptors (Lipinski definition) is 5. The van der Waals surface area contributed by atoms with Crippen molar-refractivity contribution in [2.45, 2.75) is 0 Å². The fraction of sp³-hybridized carbons (Fsp3) is 0. The standard InChI is InChI=1S/C51H29N3O2/c1-2-12-30(13-3-1)49-52-50(40-19-10-22-44-47(40)38-18-8-9-21-43(38)55-44)54-51(53-49)41-20-11-23-45-48(41)39-27-25-32(29-46(39)56-45)31-24-26-37-35-16-5-4-14-33(35)34-15-6-7-17-36(34)42(37)28-31/h1-29H. The van der Waals surface area contributed by atoms with E-state index in [1.165, 1.54) is 32.3 Å². The number of fused-ring (bicyclic) bond motifs is 12. The van der Waals surface area contributed by atoms with Gasteiger partial charge in [-0.05, 0) is 79.8 Å². The van der Waals surface area contributed by atoms with Gasteiger partial charge in [0.2, 0.25) is 0 Å². The molecule has 12 rings (SSSR count). The van der Waals surface area contributed by atoms with Gasteiger partial charge in [0.05, 0.1) is 0 Å². The number of benzene rings is 9. The molecular weight excluding hydrogens is 687 g/mol. The highest BCUT2D eigenvalue weighted by molar-refractivity contribution is 6.26. The van der Waals surface area contributed by atoms with Gasteiger partial charge in [-0.2, -0.15) is 0 Å². The topological polar surface area (TPSA) is 65.0 Å². The van der Waals surface area contributed by atoms with E-state index in [-0.39, 0.29) is 0 Å². The fourth-order valence-corrected chi connectivity index (χ4v) is 8.57. The van der Waals surface area contributed by atoms with E-state index in [0.717, 1.165) is 71.7 Å². The Bertz CT molecular complexity index is 3510. The fourth-order valence-electron chi connectivity index (χ4n) is 8.57. The lowest BCUT2D eigenvalue weighted by Gasteiger charge is -2.12. The Morgan fingerprint density at radius 1 is 0.268 bits per heavy atom. The molecule has 3 aromatic heterocycles. The van der Waals surface area contributed by atoms with E-state index < -0.39 is 0 Å². The van der Waals surface area contributed by atoms with E-state index in [1.807, 2.05) is 72.8 Å². The zero-order valence-electron chi connectivity index (χ0n) is 29.9. The van der Waals surface area contributed by atoms with Gasteiger partial charge in [0, 0.05) is 38.2 Å². The average molecular weight is 716 g/mol. The Kier molecular flexibility index (Phi) is 6.56. The summed E-state index contributed by atoms with van der Waals surface area (Å²) in [6, 6.07) is 61.0. The molecule has 0 spiro atoms. The normalized spacial score (nSPS) is 11.9. The van der Waals surface area contributed by atoms with E-state index in [1.54, 1.807) is 0 Å². The molecule has 3 heterocycles. The molecule has 0 aliphatic rings. The Balaban J connectivity index is 1.04. The third-order valence-corrected chi connectivity index (χ3v) is 11.1. The first-order valence-electron chi connectivity index (χ1n) is 18.8. The number of nitrogens with zero attached hydrogens (tertiary/aromatic N) is 3. The molecule has 12 aromatic rings. The van der Waals surface area contributed by atoms with Crippen LogP contribution in [-0.2, 0) is 0 Å². The van der Waals surface area contributed by atoms with E-state index in [0.29, 0.717) is 17.5 Å². The van der Waals surface area contributed by atoms with Crippen LogP contribution < -0.4 is 0 Å². The molecular formula is C51H29N3O2. The van der Waals surface area contributed by atoms with Gasteiger partial charge in [0.1, 0.15) is 22.3 Å². The Labute approximate surface area is 320 Å². The maximum atomic E-state index is 6.63. The lowest BCUT2D eigenvalue weighted by atomic mass is 9.92. The van der Waals surface area contributed by atoms with Gasteiger partial charge in [-0.3, -0.25) is 0 Å². The molecule has 0 N–H and O–H groups in total. The molecule has 0 radical (unpaired) electrons. The van der Waals surface area contributed by atoms with Gasteiger partial charge < -0.3 is 8.83 Å². The first kappa shape index (κ1) is 30.8. The second-order valence-corrected chi connectivity index (χ2v) is 14.3. The maximum Gasteiger partial charge on any atom is 0.164 e. The van der Waals surface area contributed by atoms with Crippen molar-refractivity contribution >= 4 is 76.2 Å². The third kappa shape index (κ3) is 4.64. The second-order valence-electron chi connectivity index (χ2n) is 14.3. The lowest BCUT2D eigenvalue weighted by Crippen LogP contribution is -2.00. The molecule has 0 amide bonds. The molecule has 0 atom stereocenters. The molecule has 0 unspecified atom stereocenters. The summed E-state index contributed by atoms with van der Waals surface area (Å²) in [6.07, 6.45) is 0. The van der Waals surface area contributed by atoms with Crippen LogP contribution in [0.5, 0.6) is 0 Å². The predicted octanol–water partition coefficient (Wildman–Crippen LogP) is 13.8. The van der Waals surface area contributed by atoms with Gasteiger partial charge in [0.25, 0.3) is 0 Å². The van der Waals surface area contributed by atoms with Crippen LogP contribution in [0.3, 0.4) is 0 Å². The van der Waals surface area contributed by atoms with Gasteiger partial charge in [-0.15, -0.1) is 0 Å². The van der Waals surface area contributed by atoms with Crippen molar-refractivity contribution in [3.63, 3.8) is 0 Å². The van der Waals surface area contributed by atoms with E-state index in [4.69, 9.17) is 23.8 Å². The van der Waals surface area contributed by atoms with E-state index in [2.05, 4.69) is 103 Å². The van der Waals surface area contributed by atoms with Gasteiger partial charge in [-0.25, -0.2) is 15.0 Å². The van der Waals surface area contributed by atoms with Crippen molar-refractivity contribution in [1.82, 2.24) is 15.0 Å². The van der Waals surface area contributed by atoms with Crippen LogP contribution in [0.1, 0.15) is 0 Å². The molecule has 260 valence electrons. The van der Waals surface area contributed by atoms with Crippen LogP contribution in [0.15, 0.2) is 185 Å². The van der Waals surface area contributed by atoms with Crippen LogP contribution in [0.4, 0.5) is 0 Å². The Morgan fingerprint density at radius 2 is 0.714 bits per heavy atom. The monoisotopic (exact) mass is 715 g/mol. The minimum atomic E-state index is 0.574. The van der Waals surface area contributed by atoms with Gasteiger partial charge >= 0.3 is 0 Å². The zero-order chi connectivity index (χ0) is 36.7. The SMILES string of the molecule is c1ccc(-c2nc(-c3cccc4oc5ccccc5c34)nc(-c3cccc4oc5cc(-c6ccc7c8ccccc8c8ccccc8c7c6)ccc5c34)n2)cc1. The summed E-state index contributed by atoms with van der Waals surface area (Å²) in [7, 11) is 0. The number of furan rings is 2. The number of hydrogen-bond donors (Lipinski definition) is 0. The summed E-state index contributed by atoms with van der Waals surface area (Å²) in [5, 5.41) is 11.5. The molecule has 0 saturated carbocycles. The number of para-hydroxylation sites is 1. The zero-order valence-corrected chi connectivity index (χ0v) is 29.9. The lowest BCUT2D eigenvalue weighted by molar-refractivity contribution is 0.668. The van der Waals surface area contributed by atoms with Crippen LogP contribution >= 0.6 is 0 Å². The minimum absolute atomic E-state index is 0.574. The maximum absolute atomic E-state index is 6.63. The van der Waals surface area contributed by atoms with Crippen LogP contribution in [0, 0.1) is 0 Å². The highest BCUT2D eigenvalue weighted by Gasteiger charge is 2.21. The summed E-state index contributed by atoms with van der Waals surface area (Å²) < 4.78 is 12.9. The van der Waals surface area contributed by atoms with Crippen molar-refractivity contribution in [3.8, 4) is 45.3 Å². The number of aromatic nitrogens is 3. The smallest absolute Gasteiger partial charge is 0.164 e. The third-order valence-electron chi connectivity index (χ3n) is 11.1. The first-order chi connectivity index (χ1) is 27.7. The summed E-state index contributed by atoms with van der Waals surface area (Å²) in [5.41, 5.74) is 8.10. The van der Waals surface area contributed by atoms with E-state index in [9.17, 15) is 0 Å². The van der Waals surface area contributed by atoms with Gasteiger partial charge in [-0.1, -0.05) is 140 Å². The summed E-state index contributed by atoms with van der Waals surface area (Å²) in [4.78, 5) is 15.4. The molecule has 0 aliphatic carbocycles. The van der Waals surface area contributed by atoms with Gasteiger partial charge in [0.15, 0.2) is 17.5 Å². The minimum Gasteiger partial charge on any atom is -0.456 e. The Morgan fingerprint density at radius 3 is 1.36 bits per heavy atom. The predicted molar refractivity (Wildman–Crippen MR) is 229 cm³/mol. The molecule has 0 saturated heterocycles.